The van der Waals surface area contributed by atoms with Gasteiger partial charge in [0.1, 0.15) is 0 Å². The summed E-state index contributed by atoms with van der Waals surface area (Å²) in [5, 5.41) is 6.06. The molecule has 0 unspecified atom stereocenters. The Bertz CT molecular complexity index is 867. The standard InChI is InChI=1S/C20H22N4O2S/c1-5-15-7-6-8-16(11-15)24-19(26)12-21-18(25)10-9-17-13(2)22-20(27-4)23-14(17)3/h1,6-8,11H,9-10,12H2,2-4H3,(H,21,25)(H,24,26). The molecule has 0 aliphatic heterocycles. The van der Waals surface area contributed by atoms with Crippen LogP contribution in [0.2, 0.25) is 0 Å². The number of hydrogen-bond donors (Lipinski definition) is 2. The van der Waals surface area contributed by atoms with Gasteiger partial charge in [0.15, 0.2) is 5.16 Å². The molecule has 2 aromatic rings. The Balaban J connectivity index is 1.82. The van der Waals surface area contributed by atoms with Gasteiger partial charge in [-0.3, -0.25) is 9.59 Å². The van der Waals surface area contributed by atoms with Gasteiger partial charge in [0.05, 0.1) is 6.54 Å². The number of rotatable bonds is 7. The first-order valence-electron chi connectivity index (χ1n) is 8.44. The van der Waals surface area contributed by atoms with Gasteiger partial charge in [0.25, 0.3) is 0 Å². The molecule has 0 spiro atoms. The minimum atomic E-state index is -0.308. The van der Waals surface area contributed by atoms with Crippen LogP contribution in [0.15, 0.2) is 29.4 Å². The highest BCUT2D eigenvalue weighted by atomic mass is 32.2. The molecule has 6 nitrogen and oxygen atoms in total. The molecule has 0 fully saturated rings. The van der Waals surface area contributed by atoms with Crippen LogP contribution in [0.4, 0.5) is 5.69 Å². The van der Waals surface area contributed by atoms with Gasteiger partial charge < -0.3 is 10.6 Å². The van der Waals surface area contributed by atoms with E-state index in [1.54, 1.807) is 24.3 Å². The quantitative estimate of drug-likeness (QED) is 0.437. The van der Waals surface area contributed by atoms with Crippen molar-refractivity contribution < 1.29 is 9.59 Å². The van der Waals surface area contributed by atoms with Gasteiger partial charge in [-0.15, -0.1) is 6.42 Å². The highest BCUT2D eigenvalue weighted by Gasteiger charge is 2.11. The van der Waals surface area contributed by atoms with Crippen molar-refractivity contribution in [1.82, 2.24) is 15.3 Å². The summed E-state index contributed by atoms with van der Waals surface area (Å²) in [7, 11) is 0. The van der Waals surface area contributed by atoms with E-state index in [4.69, 9.17) is 6.42 Å². The summed E-state index contributed by atoms with van der Waals surface area (Å²) < 4.78 is 0. The number of benzene rings is 1. The molecule has 27 heavy (non-hydrogen) atoms. The lowest BCUT2D eigenvalue weighted by Crippen LogP contribution is -2.33. The second-order valence-corrected chi connectivity index (χ2v) is 6.68. The predicted octanol–water partition coefficient (Wildman–Crippen LogP) is 2.48. The average Bonchev–Trinajstić information content (AvgIpc) is 2.65. The van der Waals surface area contributed by atoms with Crippen molar-refractivity contribution in [2.75, 3.05) is 18.1 Å². The molecule has 1 aromatic carbocycles. The number of terminal acetylenes is 1. The molecule has 2 N–H and O–H groups in total. The lowest BCUT2D eigenvalue weighted by atomic mass is 10.1. The summed E-state index contributed by atoms with van der Waals surface area (Å²) >= 11 is 1.49. The fourth-order valence-electron chi connectivity index (χ4n) is 2.56. The summed E-state index contributed by atoms with van der Waals surface area (Å²) in [5.74, 6) is 2.00. The minimum Gasteiger partial charge on any atom is -0.347 e. The number of nitrogens with one attached hydrogen (secondary N) is 2. The number of thioether (sulfide) groups is 1. The molecule has 2 amide bonds. The molecule has 0 radical (unpaired) electrons. The first kappa shape index (κ1) is 20.5. The molecule has 1 heterocycles. The van der Waals surface area contributed by atoms with Gasteiger partial charge in [-0.05, 0) is 50.3 Å². The molecule has 0 saturated carbocycles. The Kier molecular flexibility index (Phi) is 7.38. The molecular formula is C20H22N4O2S. The van der Waals surface area contributed by atoms with Crippen LogP contribution in [0.25, 0.3) is 0 Å². The third kappa shape index (κ3) is 6.12. The van der Waals surface area contributed by atoms with Crippen LogP contribution in [-0.4, -0.2) is 34.6 Å². The Labute approximate surface area is 163 Å². The second kappa shape index (κ2) is 9.74. The van der Waals surface area contributed by atoms with Crippen molar-refractivity contribution >= 4 is 29.3 Å². The number of anilines is 1. The number of nitrogens with zero attached hydrogens (tertiary/aromatic N) is 2. The summed E-state index contributed by atoms with van der Waals surface area (Å²) in [6.07, 6.45) is 8.06. The largest absolute Gasteiger partial charge is 0.347 e. The summed E-state index contributed by atoms with van der Waals surface area (Å²) in [4.78, 5) is 32.8. The third-order valence-electron chi connectivity index (χ3n) is 3.94. The van der Waals surface area contributed by atoms with Gasteiger partial charge in [-0.25, -0.2) is 9.97 Å². The Morgan fingerprint density at radius 1 is 1.19 bits per heavy atom. The van der Waals surface area contributed by atoms with E-state index in [0.29, 0.717) is 17.7 Å². The Hall–Kier alpha value is -2.85. The maximum absolute atomic E-state index is 12.1. The summed E-state index contributed by atoms with van der Waals surface area (Å²) in [5.41, 5.74) is 4.01. The van der Waals surface area contributed by atoms with Crippen molar-refractivity contribution in [3.05, 3.63) is 46.8 Å². The molecule has 140 valence electrons. The second-order valence-electron chi connectivity index (χ2n) is 5.91. The van der Waals surface area contributed by atoms with Gasteiger partial charge in [0, 0.05) is 29.1 Å². The fraction of sp³-hybridized carbons (Fsp3) is 0.300. The van der Waals surface area contributed by atoms with Crippen LogP contribution in [0.1, 0.15) is 28.9 Å². The first-order valence-corrected chi connectivity index (χ1v) is 9.66. The van der Waals surface area contributed by atoms with E-state index in [1.165, 1.54) is 11.8 Å². The van der Waals surface area contributed by atoms with Crippen LogP contribution in [0.5, 0.6) is 0 Å². The monoisotopic (exact) mass is 382 g/mol. The minimum absolute atomic E-state index is 0.0982. The van der Waals surface area contributed by atoms with Crippen LogP contribution in [-0.2, 0) is 16.0 Å². The van der Waals surface area contributed by atoms with E-state index < -0.39 is 0 Å². The highest BCUT2D eigenvalue weighted by Crippen LogP contribution is 2.17. The Morgan fingerprint density at radius 2 is 1.89 bits per heavy atom. The normalized spacial score (nSPS) is 10.1. The number of aromatic nitrogens is 2. The lowest BCUT2D eigenvalue weighted by molar-refractivity contribution is -0.124. The van der Waals surface area contributed by atoms with Crippen molar-refractivity contribution in [3.63, 3.8) is 0 Å². The zero-order valence-corrected chi connectivity index (χ0v) is 16.4. The lowest BCUT2D eigenvalue weighted by Gasteiger charge is -2.10. The maximum Gasteiger partial charge on any atom is 0.243 e. The number of hydrogen-bond acceptors (Lipinski definition) is 5. The molecule has 0 aliphatic carbocycles. The smallest absolute Gasteiger partial charge is 0.243 e. The Morgan fingerprint density at radius 3 is 2.52 bits per heavy atom. The topological polar surface area (TPSA) is 84.0 Å². The zero-order chi connectivity index (χ0) is 19.8. The van der Waals surface area contributed by atoms with Gasteiger partial charge in [-0.1, -0.05) is 23.7 Å². The molecule has 0 saturated heterocycles. The summed E-state index contributed by atoms with van der Waals surface area (Å²) in [6.45, 7) is 3.73. The molecule has 2 rings (SSSR count). The van der Waals surface area contributed by atoms with E-state index >= 15 is 0 Å². The van der Waals surface area contributed by atoms with Gasteiger partial charge in [0.2, 0.25) is 11.8 Å². The molecule has 1 aromatic heterocycles. The van der Waals surface area contributed by atoms with Crippen molar-refractivity contribution in [2.45, 2.75) is 31.8 Å². The molecule has 7 heteroatoms. The maximum atomic E-state index is 12.1. The van der Waals surface area contributed by atoms with Crippen LogP contribution in [0.3, 0.4) is 0 Å². The highest BCUT2D eigenvalue weighted by molar-refractivity contribution is 7.98. The molecule has 0 bridgehead atoms. The summed E-state index contributed by atoms with van der Waals surface area (Å²) in [6, 6.07) is 6.98. The van der Waals surface area contributed by atoms with E-state index in [1.807, 2.05) is 20.1 Å². The van der Waals surface area contributed by atoms with E-state index in [9.17, 15) is 9.59 Å². The van der Waals surface area contributed by atoms with Crippen molar-refractivity contribution in [1.29, 1.82) is 0 Å². The van der Waals surface area contributed by atoms with Gasteiger partial charge in [-0.2, -0.15) is 0 Å². The molecule has 0 aliphatic rings. The van der Waals surface area contributed by atoms with Crippen molar-refractivity contribution in [2.24, 2.45) is 0 Å². The van der Waals surface area contributed by atoms with E-state index in [0.717, 1.165) is 22.1 Å². The fourth-order valence-corrected chi connectivity index (χ4v) is 3.02. The number of amides is 2. The number of carbonyl (C=O) groups excluding carboxylic acids is 2. The predicted molar refractivity (Wildman–Crippen MR) is 108 cm³/mol. The van der Waals surface area contributed by atoms with E-state index in [2.05, 4.69) is 26.5 Å². The van der Waals surface area contributed by atoms with Gasteiger partial charge >= 0.3 is 0 Å². The van der Waals surface area contributed by atoms with Crippen LogP contribution in [0, 0.1) is 26.2 Å². The third-order valence-corrected chi connectivity index (χ3v) is 4.49. The van der Waals surface area contributed by atoms with Crippen LogP contribution >= 0.6 is 11.8 Å². The zero-order valence-electron chi connectivity index (χ0n) is 15.6. The SMILES string of the molecule is C#Cc1cccc(NC(=O)CNC(=O)CCc2c(C)nc(SC)nc2C)c1. The first-order chi connectivity index (χ1) is 12.9. The number of carbonyl (C=O) groups is 2. The van der Waals surface area contributed by atoms with Crippen LogP contribution < -0.4 is 10.6 Å². The average molecular weight is 382 g/mol. The number of aryl methyl sites for hydroxylation is 2. The molecule has 0 atom stereocenters. The van der Waals surface area contributed by atoms with E-state index in [-0.39, 0.29) is 24.8 Å². The molecular weight excluding hydrogens is 360 g/mol. The van der Waals surface area contributed by atoms with Crippen molar-refractivity contribution in [3.8, 4) is 12.3 Å².